The Morgan fingerprint density at radius 2 is 1.71 bits per heavy atom. The van der Waals surface area contributed by atoms with Crippen LogP contribution in [0.15, 0.2) is 78.0 Å². The van der Waals surface area contributed by atoms with E-state index < -0.39 is 0 Å². The molecule has 5 heteroatoms. The van der Waals surface area contributed by atoms with Crippen LogP contribution in [0.2, 0.25) is 0 Å². The van der Waals surface area contributed by atoms with Crippen LogP contribution in [0.25, 0.3) is 0 Å². The fourth-order valence-corrected chi connectivity index (χ4v) is 4.51. The van der Waals surface area contributed by atoms with Crippen molar-refractivity contribution in [3.05, 3.63) is 84.1 Å². The average molecular weight is 463 g/mol. The summed E-state index contributed by atoms with van der Waals surface area (Å²) in [6.45, 7) is 24.8. The van der Waals surface area contributed by atoms with Crippen LogP contribution in [0.5, 0.6) is 0 Å². The lowest BCUT2D eigenvalue weighted by Gasteiger charge is -2.40. The Balaban J connectivity index is 0.00000199. The molecule has 1 heterocycles. The van der Waals surface area contributed by atoms with Crippen molar-refractivity contribution >= 4 is 11.6 Å². The van der Waals surface area contributed by atoms with E-state index in [-0.39, 0.29) is 11.9 Å². The van der Waals surface area contributed by atoms with Crippen LogP contribution >= 0.6 is 0 Å². The maximum Gasteiger partial charge on any atom is 0.253 e. The zero-order chi connectivity index (χ0) is 25.1. The molecule has 34 heavy (non-hydrogen) atoms. The molecule has 1 unspecified atom stereocenters. The van der Waals surface area contributed by atoms with Gasteiger partial charge in [0.05, 0.1) is 11.8 Å². The summed E-state index contributed by atoms with van der Waals surface area (Å²) in [4.78, 5) is 24.2. The summed E-state index contributed by atoms with van der Waals surface area (Å²) in [6, 6.07) is 8.17. The molecule has 0 N–H and O–H groups in total. The fourth-order valence-electron chi connectivity index (χ4n) is 4.51. The van der Waals surface area contributed by atoms with E-state index in [1.54, 1.807) is 6.20 Å². The molecule has 1 saturated heterocycles. The average Bonchev–Trinajstić information content (AvgIpc) is 2.89. The highest BCUT2D eigenvalue weighted by molar-refractivity contribution is 6.16. The van der Waals surface area contributed by atoms with Gasteiger partial charge in [-0.1, -0.05) is 64.3 Å². The summed E-state index contributed by atoms with van der Waals surface area (Å²) in [5.74, 6) is 0.0803. The zero-order valence-corrected chi connectivity index (χ0v) is 21.8. The third kappa shape index (κ3) is 6.43. The largest absolute Gasteiger partial charge is 0.339 e. The molecule has 5 nitrogen and oxygen atoms in total. The Bertz CT molecular complexity index is 914. The summed E-state index contributed by atoms with van der Waals surface area (Å²) < 4.78 is 0. The first-order valence-corrected chi connectivity index (χ1v) is 12.7. The second-order valence-corrected chi connectivity index (χ2v) is 8.14. The number of carbonyl (C=O) groups excluding carboxylic acids is 1. The minimum absolute atomic E-state index is 0.0482. The summed E-state index contributed by atoms with van der Waals surface area (Å²) in [5.41, 5.74) is 4.80. The molecule has 1 aliphatic heterocycles. The van der Waals surface area contributed by atoms with Gasteiger partial charge < -0.3 is 9.80 Å². The molecule has 1 amide bonds. The van der Waals surface area contributed by atoms with E-state index >= 15 is 0 Å². The molecule has 184 valence electrons. The number of allylic oxidation sites excluding steroid dienone is 4. The van der Waals surface area contributed by atoms with E-state index in [1.165, 1.54) is 0 Å². The number of piperazine rings is 1. The second-order valence-electron chi connectivity index (χ2n) is 8.14. The second kappa shape index (κ2) is 13.8. The molecule has 0 spiro atoms. The van der Waals surface area contributed by atoms with E-state index in [0.717, 1.165) is 60.7 Å². The number of benzene rings is 1. The van der Waals surface area contributed by atoms with Crippen molar-refractivity contribution in [2.24, 2.45) is 4.99 Å². The molecule has 1 atom stereocenters. The Morgan fingerprint density at radius 3 is 2.24 bits per heavy atom. The highest BCUT2D eigenvalue weighted by Gasteiger charge is 2.31. The first-order chi connectivity index (χ1) is 16.5. The van der Waals surface area contributed by atoms with Gasteiger partial charge in [0.2, 0.25) is 0 Å². The molecular weight excluding hydrogens is 420 g/mol. The molecule has 2 aliphatic rings. The summed E-state index contributed by atoms with van der Waals surface area (Å²) in [5, 5.41) is 0. The smallest absolute Gasteiger partial charge is 0.253 e. The maximum atomic E-state index is 12.8. The number of rotatable bonds is 8. The summed E-state index contributed by atoms with van der Waals surface area (Å²) in [7, 11) is 0. The van der Waals surface area contributed by atoms with E-state index in [9.17, 15) is 4.79 Å². The third-order valence-corrected chi connectivity index (χ3v) is 6.41. The fraction of sp³-hybridized carbons (Fsp3) is 0.448. The molecule has 3 rings (SSSR count). The standard InChI is InChI=1S/C27H36N4O.C2H6/c1-6-28-25-21(5)11-10-12-24(25)26(31-19-17-29(7-2)18-20-31)22-13-15-23(16-14-22)27(32)30(8-3)9-4;1-2/h6,10-16,26H,1,5,7-9,17-20H2,2-4H3;1-2H3. The quantitative estimate of drug-likeness (QED) is 0.511. The highest BCUT2D eigenvalue weighted by Crippen LogP contribution is 2.34. The van der Waals surface area contributed by atoms with Crippen LogP contribution in [0.1, 0.15) is 56.6 Å². The van der Waals surface area contributed by atoms with Crippen LogP contribution in [0, 0.1) is 0 Å². The first-order valence-electron chi connectivity index (χ1n) is 12.7. The molecule has 0 bridgehead atoms. The van der Waals surface area contributed by atoms with Crippen LogP contribution < -0.4 is 0 Å². The molecule has 0 saturated carbocycles. The van der Waals surface area contributed by atoms with E-state index in [0.29, 0.717) is 13.1 Å². The van der Waals surface area contributed by atoms with Gasteiger partial charge in [-0.25, -0.2) is 0 Å². The van der Waals surface area contributed by atoms with Crippen LogP contribution in [-0.4, -0.2) is 72.1 Å². The lowest BCUT2D eigenvalue weighted by Crippen LogP contribution is -2.48. The van der Waals surface area contributed by atoms with Crippen molar-refractivity contribution in [2.45, 2.75) is 40.7 Å². The van der Waals surface area contributed by atoms with E-state index in [2.05, 4.69) is 53.1 Å². The van der Waals surface area contributed by atoms with Crippen LogP contribution in [-0.2, 0) is 0 Å². The predicted molar refractivity (Wildman–Crippen MR) is 145 cm³/mol. The van der Waals surface area contributed by atoms with Crippen molar-refractivity contribution in [3.63, 3.8) is 0 Å². The van der Waals surface area contributed by atoms with Gasteiger partial charge in [-0.2, -0.15) is 0 Å². The number of carbonyl (C=O) groups is 1. The number of hydrogen-bond donors (Lipinski definition) is 0. The Morgan fingerprint density at radius 1 is 1.09 bits per heavy atom. The number of aliphatic imine (C=N–C) groups is 1. The number of amides is 1. The minimum atomic E-state index is 0.0482. The van der Waals surface area contributed by atoms with Gasteiger partial charge in [0.15, 0.2) is 0 Å². The van der Waals surface area contributed by atoms with Crippen molar-refractivity contribution in [3.8, 4) is 0 Å². The van der Waals surface area contributed by atoms with Gasteiger partial charge in [-0.15, -0.1) is 0 Å². The van der Waals surface area contributed by atoms with Crippen molar-refractivity contribution < 1.29 is 4.79 Å². The van der Waals surface area contributed by atoms with E-state index in [1.807, 2.05) is 56.9 Å². The topological polar surface area (TPSA) is 39.2 Å². The first kappa shape index (κ1) is 27.5. The van der Waals surface area contributed by atoms with Crippen molar-refractivity contribution in [2.75, 3.05) is 45.8 Å². The van der Waals surface area contributed by atoms with Gasteiger partial charge in [0.25, 0.3) is 5.91 Å². The van der Waals surface area contributed by atoms with Crippen molar-refractivity contribution in [1.82, 2.24) is 14.7 Å². The molecular formula is C29H42N4O. The summed E-state index contributed by atoms with van der Waals surface area (Å²) in [6.07, 6.45) is 7.77. The van der Waals surface area contributed by atoms with Crippen LogP contribution in [0.4, 0.5) is 0 Å². The van der Waals surface area contributed by atoms with Gasteiger partial charge in [-0.3, -0.25) is 14.7 Å². The van der Waals surface area contributed by atoms with Gasteiger partial charge in [-0.05, 0) is 49.2 Å². The van der Waals surface area contributed by atoms with Crippen molar-refractivity contribution in [1.29, 1.82) is 0 Å². The lowest BCUT2D eigenvalue weighted by molar-refractivity contribution is 0.0773. The molecule has 0 aromatic heterocycles. The molecule has 0 radical (unpaired) electrons. The monoisotopic (exact) mass is 462 g/mol. The predicted octanol–water partition coefficient (Wildman–Crippen LogP) is 5.51. The Labute approximate surface area is 206 Å². The third-order valence-electron chi connectivity index (χ3n) is 6.41. The van der Waals surface area contributed by atoms with Gasteiger partial charge in [0, 0.05) is 51.0 Å². The SMILES string of the molecule is C=CN=C1C(=C)C=CC=C1C(c1ccc(C(=O)N(CC)CC)cc1)N1CCN(CC)CC1.CC. The van der Waals surface area contributed by atoms with Crippen LogP contribution in [0.3, 0.4) is 0 Å². The zero-order valence-electron chi connectivity index (χ0n) is 21.8. The normalized spacial score (nSPS) is 18.7. The highest BCUT2D eigenvalue weighted by atomic mass is 16.2. The minimum Gasteiger partial charge on any atom is -0.339 e. The number of likely N-dealkylation sites (N-methyl/N-ethyl adjacent to an activating group) is 1. The lowest BCUT2D eigenvalue weighted by atomic mass is 9.87. The Kier molecular flexibility index (Phi) is 11.2. The number of nitrogens with zero attached hydrogens (tertiary/aromatic N) is 4. The number of hydrogen-bond acceptors (Lipinski definition) is 4. The van der Waals surface area contributed by atoms with E-state index in [4.69, 9.17) is 0 Å². The van der Waals surface area contributed by atoms with Gasteiger partial charge in [0.1, 0.15) is 0 Å². The summed E-state index contributed by atoms with van der Waals surface area (Å²) >= 11 is 0. The molecule has 1 fully saturated rings. The molecule has 1 aromatic carbocycles. The molecule has 1 aromatic rings. The van der Waals surface area contributed by atoms with Gasteiger partial charge >= 0.3 is 0 Å². The Hall–Kier alpha value is -2.76. The molecule has 1 aliphatic carbocycles. The maximum absolute atomic E-state index is 12.8.